The van der Waals surface area contributed by atoms with Crippen LogP contribution in [0.4, 0.5) is 5.69 Å². The van der Waals surface area contributed by atoms with Gasteiger partial charge >= 0.3 is 0 Å². The van der Waals surface area contributed by atoms with E-state index in [0.717, 1.165) is 45.0 Å². The van der Waals surface area contributed by atoms with Crippen LogP contribution in [0.15, 0.2) is 24.3 Å². The maximum atomic E-state index is 12.2. The van der Waals surface area contributed by atoms with Crippen molar-refractivity contribution in [3.63, 3.8) is 0 Å². The van der Waals surface area contributed by atoms with Crippen LogP contribution in [0.5, 0.6) is 5.75 Å². The molecule has 0 aromatic heterocycles. The summed E-state index contributed by atoms with van der Waals surface area (Å²) >= 11 is 0. The lowest BCUT2D eigenvalue weighted by atomic mass is 10.2. The van der Waals surface area contributed by atoms with Crippen LogP contribution in [-0.4, -0.2) is 63.7 Å². The van der Waals surface area contributed by atoms with Gasteiger partial charge in [0.1, 0.15) is 5.75 Å². The van der Waals surface area contributed by atoms with Crippen LogP contribution in [0.25, 0.3) is 0 Å². The van der Waals surface area contributed by atoms with Crippen molar-refractivity contribution in [3.05, 3.63) is 24.3 Å². The number of nitrogens with zero attached hydrogens (tertiary/aromatic N) is 2. The molecule has 5 heteroatoms. The zero-order valence-electron chi connectivity index (χ0n) is 14.0. The average Bonchev–Trinajstić information content (AvgIpc) is 2.56. The number of ether oxygens (including phenoxy) is 1. The molecule has 1 amide bonds. The zero-order valence-corrected chi connectivity index (χ0v) is 14.0. The van der Waals surface area contributed by atoms with Gasteiger partial charge in [-0.05, 0) is 26.0 Å². The molecule has 0 bridgehead atoms. The number of quaternary nitrogens is 1. The van der Waals surface area contributed by atoms with Crippen molar-refractivity contribution in [3.8, 4) is 5.75 Å². The molecule has 5 nitrogen and oxygen atoms in total. The summed E-state index contributed by atoms with van der Waals surface area (Å²) in [5.41, 5.74) is 1.20. The normalized spacial score (nSPS) is 15.7. The second-order valence-corrected chi connectivity index (χ2v) is 5.68. The Morgan fingerprint density at radius 3 is 2.55 bits per heavy atom. The number of carbonyl (C=O) groups excluding carboxylic acids is 1. The van der Waals surface area contributed by atoms with Crippen LogP contribution in [0, 0.1) is 0 Å². The highest BCUT2D eigenvalue weighted by atomic mass is 16.5. The van der Waals surface area contributed by atoms with Crippen LogP contribution in [-0.2, 0) is 4.79 Å². The zero-order chi connectivity index (χ0) is 15.9. The van der Waals surface area contributed by atoms with Gasteiger partial charge in [0.2, 0.25) is 0 Å². The first-order valence-electron chi connectivity index (χ1n) is 8.18. The van der Waals surface area contributed by atoms with Crippen LogP contribution in [0.3, 0.4) is 0 Å². The maximum absolute atomic E-state index is 12.2. The Balaban J connectivity index is 1.86. The predicted molar refractivity (Wildman–Crippen MR) is 88.7 cm³/mol. The fourth-order valence-electron chi connectivity index (χ4n) is 2.97. The van der Waals surface area contributed by atoms with Crippen molar-refractivity contribution >= 4 is 11.6 Å². The third kappa shape index (κ3) is 4.13. The number of carbonyl (C=O) groups is 1. The van der Waals surface area contributed by atoms with Crippen LogP contribution >= 0.6 is 0 Å². The number of nitrogens with one attached hydrogen (secondary N) is 1. The second kappa shape index (κ2) is 8.03. The van der Waals surface area contributed by atoms with E-state index in [1.807, 2.05) is 30.9 Å². The Kier molecular flexibility index (Phi) is 6.07. The quantitative estimate of drug-likeness (QED) is 0.820. The predicted octanol–water partition coefficient (Wildman–Crippen LogP) is 0.269. The number of hydrogen-bond donors (Lipinski definition) is 1. The fourth-order valence-corrected chi connectivity index (χ4v) is 2.97. The summed E-state index contributed by atoms with van der Waals surface area (Å²) in [5, 5.41) is 0. The number of methoxy groups -OCH3 is 1. The molecule has 1 aliphatic rings. The van der Waals surface area contributed by atoms with Crippen molar-refractivity contribution in [2.45, 2.75) is 13.8 Å². The lowest BCUT2D eigenvalue weighted by molar-refractivity contribution is -0.892. The Morgan fingerprint density at radius 2 is 1.95 bits per heavy atom. The summed E-state index contributed by atoms with van der Waals surface area (Å²) in [6.07, 6.45) is 0. The minimum absolute atomic E-state index is 0.273. The van der Waals surface area contributed by atoms with Gasteiger partial charge in [0.15, 0.2) is 6.54 Å². The monoisotopic (exact) mass is 306 g/mol. The molecular formula is C17H28N3O2+. The third-order valence-electron chi connectivity index (χ3n) is 4.41. The van der Waals surface area contributed by atoms with Crippen LogP contribution in [0.1, 0.15) is 13.8 Å². The first kappa shape index (κ1) is 16.6. The Labute approximate surface area is 133 Å². The van der Waals surface area contributed by atoms with Gasteiger partial charge in [-0.15, -0.1) is 0 Å². The van der Waals surface area contributed by atoms with E-state index in [0.29, 0.717) is 6.54 Å². The van der Waals surface area contributed by atoms with E-state index in [4.69, 9.17) is 4.74 Å². The molecule has 1 aromatic carbocycles. The van der Waals surface area contributed by atoms with Crippen LogP contribution < -0.4 is 14.5 Å². The van der Waals surface area contributed by atoms with Gasteiger partial charge in [0, 0.05) is 24.8 Å². The Morgan fingerprint density at radius 1 is 1.27 bits per heavy atom. The van der Waals surface area contributed by atoms with E-state index in [-0.39, 0.29) is 5.91 Å². The van der Waals surface area contributed by atoms with E-state index in [9.17, 15) is 4.79 Å². The number of piperazine rings is 1. The molecule has 122 valence electrons. The second-order valence-electron chi connectivity index (χ2n) is 5.68. The van der Waals surface area contributed by atoms with Crippen molar-refractivity contribution in [2.75, 3.05) is 57.8 Å². The van der Waals surface area contributed by atoms with Crippen molar-refractivity contribution in [1.29, 1.82) is 0 Å². The molecule has 1 aromatic rings. The van der Waals surface area contributed by atoms with Gasteiger partial charge < -0.3 is 19.4 Å². The van der Waals surface area contributed by atoms with Crippen molar-refractivity contribution < 1.29 is 14.4 Å². The summed E-state index contributed by atoms with van der Waals surface area (Å²) in [5.74, 6) is 1.17. The third-order valence-corrected chi connectivity index (χ3v) is 4.41. The highest BCUT2D eigenvalue weighted by Crippen LogP contribution is 2.20. The number of rotatable bonds is 6. The number of hydrogen-bond acceptors (Lipinski definition) is 3. The SMILES string of the molecule is CCN(CC)C(=O)C[NH+]1CCN(c2cccc(OC)c2)CC1. The molecule has 0 atom stereocenters. The fraction of sp³-hybridized carbons (Fsp3) is 0.588. The van der Waals surface area contributed by atoms with Gasteiger partial charge in [0.25, 0.3) is 5.91 Å². The molecule has 0 unspecified atom stereocenters. The van der Waals surface area contributed by atoms with E-state index >= 15 is 0 Å². The number of amides is 1. The van der Waals surface area contributed by atoms with Crippen molar-refractivity contribution in [1.82, 2.24) is 4.90 Å². The Bertz CT molecular complexity index is 481. The van der Waals surface area contributed by atoms with E-state index in [1.165, 1.54) is 10.6 Å². The maximum Gasteiger partial charge on any atom is 0.277 e. The van der Waals surface area contributed by atoms with E-state index in [2.05, 4.69) is 17.0 Å². The smallest absolute Gasteiger partial charge is 0.277 e. The highest BCUT2D eigenvalue weighted by Gasteiger charge is 2.24. The summed E-state index contributed by atoms with van der Waals surface area (Å²) in [7, 11) is 1.69. The standard InChI is InChI=1S/C17H27N3O2/c1-4-19(5-2)17(21)14-18-9-11-20(12-10-18)15-7-6-8-16(13-15)22-3/h6-8,13H,4-5,9-12,14H2,1-3H3/p+1. The first-order valence-corrected chi connectivity index (χ1v) is 8.18. The number of anilines is 1. The minimum atomic E-state index is 0.273. The summed E-state index contributed by atoms with van der Waals surface area (Å²) < 4.78 is 5.29. The summed E-state index contributed by atoms with van der Waals surface area (Å²) in [6, 6.07) is 8.19. The molecule has 1 N–H and O–H groups in total. The van der Waals surface area contributed by atoms with E-state index < -0.39 is 0 Å². The lowest BCUT2D eigenvalue weighted by Crippen LogP contribution is -3.15. The molecular weight excluding hydrogens is 278 g/mol. The highest BCUT2D eigenvalue weighted by molar-refractivity contribution is 5.77. The summed E-state index contributed by atoms with van der Waals surface area (Å²) in [4.78, 5) is 17.9. The van der Waals surface area contributed by atoms with Gasteiger partial charge in [-0.25, -0.2) is 0 Å². The summed E-state index contributed by atoms with van der Waals surface area (Å²) in [6.45, 7) is 10.3. The lowest BCUT2D eigenvalue weighted by Gasteiger charge is -2.34. The molecule has 1 heterocycles. The first-order chi connectivity index (χ1) is 10.7. The Hall–Kier alpha value is -1.75. The molecule has 0 radical (unpaired) electrons. The topological polar surface area (TPSA) is 37.2 Å². The number of benzene rings is 1. The van der Waals surface area contributed by atoms with Crippen molar-refractivity contribution in [2.24, 2.45) is 0 Å². The molecule has 0 spiro atoms. The average molecular weight is 306 g/mol. The van der Waals surface area contributed by atoms with Gasteiger partial charge in [-0.1, -0.05) is 6.07 Å². The van der Waals surface area contributed by atoms with Gasteiger partial charge in [-0.2, -0.15) is 0 Å². The van der Waals surface area contributed by atoms with Gasteiger partial charge in [-0.3, -0.25) is 4.79 Å². The molecule has 0 aliphatic carbocycles. The van der Waals surface area contributed by atoms with Gasteiger partial charge in [0.05, 0.1) is 33.3 Å². The molecule has 0 saturated carbocycles. The minimum Gasteiger partial charge on any atom is -0.497 e. The molecule has 2 rings (SSSR count). The molecule has 1 fully saturated rings. The van der Waals surface area contributed by atoms with E-state index in [1.54, 1.807) is 7.11 Å². The molecule has 22 heavy (non-hydrogen) atoms. The largest absolute Gasteiger partial charge is 0.497 e. The molecule has 1 saturated heterocycles. The molecule has 1 aliphatic heterocycles. The van der Waals surface area contributed by atoms with Crippen LogP contribution in [0.2, 0.25) is 0 Å². The number of likely N-dealkylation sites (N-methyl/N-ethyl adjacent to an activating group) is 1.